The summed E-state index contributed by atoms with van der Waals surface area (Å²) in [5.74, 6) is -14.1. The number of carbonyl (C=O) groups is 2. The van der Waals surface area contributed by atoms with E-state index in [1.54, 1.807) is 14.1 Å². The van der Waals surface area contributed by atoms with Crippen LogP contribution in [0.5, 0.6) is 0 Å². The van der Waals surface area contributed by atoms with Crippen molar-refractivity contribution >= 4 is 17.6 Å². The summed E-state index contributed by atoms with van der Waals surface area (Å²) in [7, 11) is 3.14. The number of nitrogens with two attached hydrogens (primary N) is 1. The fraction of sp³-hybridized carbons (Fsp3) is 0.344. The number of hydrogen-bond acceptors (Lipinski definition) is 6. The number of nitrogens with zero attached hydrogens (tertiary/aromatic N) is 5. The quantitative estimate of drug-likeness (QED) is 0.172. The summed E-state index contributed by atoms with van der Waals surface area (Å²) in [6.45, 7) is -1.14. The molecule has 0 bridgehead atoms. The average molecular weight is 699 g/mol. The predicted molar refractivity (Wildman–Crippen MR) is 157 cm³/mol. The normalized spacial score (nSPS) is 15.6. The van der Waals surface area contributed by atoms with Gasteiger partial charge in [0.05, 0.1) is 16.8 Å². The Labute approximate surface area is 272 Å². The predicted octanol–water partition coefficient (Wildman–Crippen LogP) is 6.82. The zero-order chi connectivity index (χ0) is 36.0. The molecule has 1 amide bonds. The van der Waals surface area contributed by atoms with E-state index in [-0.39, 0.29) is 39.4 Å². The SMILES string of the molecule is CN(C)c1ncc(-c2ccc(F)c(C(N)=O)c2)c([C@@H](CC(=O)Cn2nc(C(F)F)c3c2C(F)(F)CCC3(F)F)Cc2cc(F)cc(F)c2)n1. The van der Waals surface area contributed by atoms with E-state index in [9.17, 15) is 49.1 Å². The first kappa shape index (κ1) is 35.3. The summed E-state index contributed by atoms with van der Waals surface area (Å²) in [5.41, 5.74) is 0.396. The summed E-state index contributed by atoms with van der Waals surface area (Å²) in [4.78, 5) is 35.7. The largest absolute Gasteiger partial charge is 0.366 e. The second-order valence-electron chi connectivity index (χ2n) is 11.8. The van der Waals surface area contributed by atoms with Crippen LogP contribution < -0.4 is 10.6 Å². The molecule has 0 saturated heterocycles. The van der Waals surface area contributed by atoms with Gasteiger partial charge in [0, 0.05) is 57.1 Å². The van der Waals surface area contributed by atoms with E-state index in [1.165, 1.54) is 17.2 Å². The van der Waals surface area contributed by atoms with Gasteiger partial charge >= 0.3 is 0 Å². The summed E-state index contributed by atoms with van der Waals surface area (Å²) in [6.07, 6.45) is -6.17. The minimum absolute atomic E-state index is 0.0193. The van der Waals surface area contributed by atoms with E-state index in [0.717, 1.165) is 24.3 Å². The van der Waals surface area contributed by atoms with Crippen molar-refractivity contribution in [1.29, 1.82) is 0 Å². The van der Waals surface area contributed by atoms with Crippen molar-refractivity contribution < 1.29 is 49.1 Å². The fourth-order valence-corrected chi connectivity index (χ4v) is 5.84. The van der Waals surface area contributed by atoms with Gasteiger partial charge in [-0.3, -0.25) is 14.3 Å². The molecule has 17 heteroatoms. The number of amides is 1. The summed E-state index contributed by atoms with van der Waals surface area (Å²) >= 11 is 0. The van der Waals surface area contributed by atoms with Gasteiger partial charge < -0.3 is 10.6 Å². The van der Waals surface area contributed by atoms with Crippen molar-refractivity contribution in [3.8, 4) is 11.1 Å². The third-order valence-electron chi connectivity index (χ3n) is 7.99. The topological polar surface area (TPSA) is 107 Å². The first-order valence-corrected chi connectivity index (χ1v) is 14.6. The maximum absolute atomic E-state index is 15.0. The Morgan fingerprint density at radius 1 is 0.959 bits per heavy atom. The lowest BCUT2D eigenvalue weighted by Gasteiger charge is -2.29. The van der Waals surface area contributed by atoms with E-state index in [4.69, 9.17) is 5.73 Å². The van der Waals surface area contributed by atoms with Crippen LogP contribution in [0, 0.1) is 17.5 Å². The van der Waals surface area contributed by atoms with Crippen LogP contribution in [0.1, 0.15) is 70.2 Å². The van der Waals surface area contributed by atoms with Gasteiger partial charge in [-0.2, -0.15) is 13.9 Å². The zero-order valence-electron chi connectivity index (χ0n) is 25.8. The summed E-state index contributed by atoms with van der Waals surface area (Å²) < 4.78 is 130. The van der Waals surface area contributed by atoms with Gasteiger partial charge in [-0.1, -0.05) is 6.07 Å². The minimum Gasteiger partial charge on any atom is -0.366 e. The number of alkyl halides is 6. The number of hydrogen-bond donors (Lipinski definition) is 1. The van der Waals surface area contributed by atoms with Gasteiger partial charge in [-0.15, -0.1) is 0 Å². The highest BCUT2D eigenvalue weighted by atomic mass is 19.3. The van der Waals surface area contributed by atoms with Crippen molar-refractivity contribution in [3.05, 3.63) is 93.8 Å². The van der Waals surface area contributed by atoms with Crippen LogP contribution in [0.2, 0.25) is 0 Å². The Morgan fingerprint density at radius 3 is 2.22 bits per heavy atom. The van der Waals surface area contributed by atoms with Crippen LogP contribution in [-0.2, 0) is 29.6 Å². The number of aromatic nitrogens is 4. The van der Waals surface area contributed by atoms with E-state index >= 15 is 0 Å². The molecular formula is C32H27F9N6O2. The number of carbonyl (C=O) groups excluding carboxylic acids is 2. The molecule has 4 aromatic rings. The molecule has 8 nitrogen and oxygen atoms in total. The summed E-state index contributed by atoms with van der Waals surface area (Å²) in [6, 6.07) is 5.84. The van der Waals surface area contributed by atoms with Crippen LogP contribution in [0.15, 0.2) is 42.6 Å². The third kappa shape index (κ3) is 7.24. The standard InChI is InChI=1S/C32H27F9N6O2/c1-46(2)30-43-13-22(16-3-4-23(35)21(11-16)29(42)49)25(44-30)17(7-15-8-18(33)12-19(34)9-15)10-20(48)14-47-27-24(26(45-47)28(36)37)31(38,39)5-6-32(27,40)41/h3-4,8-9,11-13,17,28H,5-7,10,14H2,1-2H3,(H2,42,49)/t17-/m1/s1. The van der Waals surface area contributed by atoms with Gasteiger partial charge in [0.1, 0.15) is 35.4 Å². The van der Waals surface area contributed by atoms with Crippen LogP contribution >= 0.6 is 0 Å². The van der Waals surface area contributed by atoms with Crippen molar-refractivity contribution in [2.24, 2.45) is 5.73 Å². The fourth-order valence-electron chi connectivity index (χ4n) is 5.84. The minimum atomic E-state index is -4.06. The smallest absolute Gasteiger partial charge is 0.290 e. The zero-order valence-corrected chi connectivity index (χ0v) is 25.8. The van der Waals surface area contributed by atoms with Gasteiger partial charge in [0.2, 0.25) is 5.95 Å². The molecule has 2 heterocycles. The molecule has 1 aliphatic rings. The molecule has 0 spiro atoms. The molecule has 2 aromatic carbocycles. The van der Waals surface area contributed by atoms with Crippen molar-refractivity contribution in [1.82, 2.24) is 19.7 Å². The number of halogens is 9. The van der Waals surface area contributed by atoms with Gasteiger partial charge in [0.15, 0.2) is 5.78 Å². The second kappa shape index (κ2) is 13.2. The molecule has 0 aliphatic heterocycles. The van der Waals surface area contributed by atoms with E-state index < -0.39 is 102 Å². The van der Waals surface area contributed by atoms with Crippen LogP contribution in [0.4, 0.5) is 45.5 Å². The Bertz CT molecular complexity index is 1910. The monoisotopic (exact) mass is 698 g/mol. The van der Waals surface area contributed by atoms with E-state index in [1.807, 2.05) is 0 Å². The maximum Gasteiger partial charge on any atom is 0.290 e. The number of fused-ring (bicyclic) bond motifs is 1. The molecular weight excluding hydrogens is 671 g/mol. The lowest BCUT2D eigenvalue weighted by molar-refractivity contribution is -0.121. The van der Waals surface area contributed by atoms with E-state index in [2.05, 4.69) is 15.1 Å². The highest BCUT2D eigenvalue weighted by molar-refractivity contribution is 5.94. The van der Waals surface area contributed by atoms with Gasteiger partial charge in [0.25, 0.3) is 24.2 Å². The number of benzene rings is 2. The number of primary amides is 1. The third-order valence-corrected chi connectivity index (χ3v) is 7.99. The molecule has 49 heavy (non-hydrogen) atoms. The Kier molecular flexibility index (Phi) is 9.49. The van der Waals surface area contributed by atoms with Crippen LogP contribution in [-0.4, -0.2) is 45.5 Å². The lowest BCUT2D eigenvalue weighted by Crippen LogP contribution is -2.33. The number of Topliss-reactive ketones (excluding diaryl/α,β-unsaturated/α-hetero) is 1. The Morgan fingerprint density at radius 2 is 1.61 bits per heavy atom. The number of anilines is 1. The molecule has 2 N–H and O–H groups in total. The van der Waals surface area contributed by atoms with E-state index in [0.29, 0.717) is 6.07 Å². The van der Waals surface area contributed by atoms with Crippen molar-refractivity contribution in [2.75, 3.05) is 19.0 Å². The molecule has 1 aliphatic carbocycles. The second-order valence-corrected chi connectivity index (χ2v) is 11.8. The highest BCUT2D eigenvalue weighted by Crippen LogP contribution is 2.52. The first-order chi connectivity index (χ1) is 22.9. The molecule has 2 aromatic heterocycles. The molecule has 0 fully saturated rings. The Hall–Kier alpha value is -4.96. The number of rotatable bonds is 11. The molecule has 0 saturated carbocycles. The molecule has 0 unspecified atom stereocenters. The van der Waals surface area contributed by atoms with Crippen LogP contribution in [0.25, 0.3) is 11.1 Å². The lowest BCUT2D eigenvalue weighted by atomic mass is 9.86. The molecule has 5 rings (SSSR count). The van der Waals surface area contributed by atoms with Gasteiger partial charge in [-0.05, 0) is 41.8 Å². The molecule has 1 atom stereocenters. The Balaban J connectivity index is 1.63. The van der Waals surface area contributed by atoms with Crippen molar-refractivity contribution in [2.45, 2.75) is 56.4 Å². The molecule has 0 radical (unpaired) electrons. The highest BCUT2D eigenvalue weighted by Gasteiger charge is 2.55. The van der Waals surface area contributed by atoms with Crippen LogP contribution in [0.3, 0.4) is 0 Å². The maximum atomic E-state index is 15.0. The van der Waals surface area contributed by atoms with Crippen molar-refractivity contribution in [3.63, 3.8) is 0 Å². The molecule has 260 valence electrons. The first-order valence-electron chi connectivity index (χ1n) is 14.6. The number of ketones is 1. The van der Waals surface area contributed by atoms with Gasteiger partial charge in [-0.25, -0.2) is 40.7 Å². The summed E-state index contributed by atoms with van der Waals surface area (Å²) in [5, 5.41) is 3.32. The average Bonchev–Trinajstić information content (AvgIpc) is 3.40.